The summed E-state index contributed by atoms with van der Waals surface area (Å²) >= 11 is 0. The molecule has 22 heavy (non-hydrogen) atoms. The SMILES string of the molecule is CCCCCCCCCCCCCCC([O-])C[N+](C)(C)C.Cl. The van der Waals surface area contributed by atoms with Crippen LogP contribution in [0.4, 0.5) is 0 Å². The number of unbranched alkanes of at least 4 members (excludes halogenated alkanes) is 11. The van der Waals surface area contributed by atoms with Crippen LogP contribution in [-0.2, 0) is 0 Å². The molecule has 2 nitrogen and oxygen atoms in total. The standard InChI is InChI=1S/C19H41NO.ClH/c1-5-6-7-8-9-10-11-12-13-14-15-16-17-19(21)18-20(2,3)4;/h19H,5-18H2,1-4H3;1H. The molecule has 0 saturated carbocycles. The van der Waals surface area contributed by atoms with E-state index >= 15 is 0 Å². The van der Waals surface area contributed by atoms with Gasteiger partial charge in [0.15, 0.2) is 0 Å². The molecule has 0 radical (unpaired) electrons. The Morgan fingerprint density at radius 3 is 1.41 bits per heavy atom. The maximum absolute atomic E-state index is 11.8. The number of nitrogens with zero attached hydrogens (tertiary/aromatic N) is 1. The lowest BCUT2D eigenvalue weighted by Gasteiger charge is -2.32. The number of likely N-dealkylation sites (N-methyl/N-ethyl adjacent to an activating group) is 1. The Labute approximate surface area is 146 Å². The predicted octanol–water partition coefficient (Wildman–Crippen LogP) is 4.93. The van der Waals surface area contributed by atoms with Gasteiger partial charge in [0.1, 0.15) is 0 Å². The molecule has 0 rings (SSSR count). The van der Waals surface area contributed by atoms with Gasteiger partial charge in [0.2, 0.25) is 0 Å². The lowest BCUT2D eigenvalue weighted by Crippen LogP contribution is -2.46. The van der Waals surface area contributed by atoms with Crippen molar-refractivity contribution in [2.24, 2.45) is 0 Å². The van der Waals surface area contributed by atoms with Gasteiger partial charge in [-0.05, 0) is 0 Å². The van der Waals surface area contributed by atoms with Gasteiger partial charge >= 0.3 is 0 Å². The lowest BCUT2D eigenvalue weighted by molar-refractivity contribution is -0.880. The van der Waals surface area contributed by atoms with Crippen molar-refractivity contribution >= 4 is 12.4 Å². The smallest absolute Gasteiger partial charge is 0.0676 e. The van der Waals surface area contributed by atoms with Gasteiger partial charge in [-0.15, -0.1) is 12.4 Å². The highest BCUT2D eigenvalue weighted by Crippen LogP contribution is 2.13. The van der Waals surface area contributed by atoms with Crippen LogP contribution in [0.1, 0.15) is 90.4 Å². The van der Waals surface area contributed by atoms with Crippen molar-refractivity contribution in [1.29, 1.82) is 0 Å². The molecule has 3 heteroatoms. The fourth-order valence-electron chi connectivity index (χ4n) is 2.92. The zero-order valence-electron chi connectivity index (χ0n) is 15.7. The summed E-state index contributed by atoms with van der Waals surface area (Å²) in [6.07, 6.45) is 16.9. The van der Waals surface area contributed by atoms with E-state index in [4.69, 9.17) is 0 Å². The first-order valence-electron chi connectivity index (χ1n) is 9.42. The Morgan fingerprint density at radius 2 is 1.05 bits per heavy atom. The predicted molar refractivity (Wildman–Crippen MR) is 99.6 cm³/mol. The number of halogens is 1. The molecule has 1 unspecified atom stereocenters. The van der Waals surface area contributed by atoms with Crippen LogP contribution in [0.25, 0.3) is 0 Å². The molecule has 0 saturated heterocycles. The topological polar surface area (TPSA) is 23.1 Å². The summed E-state index contributed by atoms with van der Waals surface area (Å²) in [6, 6.07) is 0. The Morgan fingerprint density at radius 1 is 0.682 bits per heavy atom. The van der Waals surface area contributed by atoms with Crippen molar-refractivity contribution in [3.63, 3.8) is 0 Å². The van der Waals surface area contributed by atoms with Crippen molar-refractivity contribution in [2.45, 2.75) is 96.5 Å². The Balaban J connectivity index is 0. The van der Waals surface area contributed by atoms with E-state index in [-0.39, 0.29) is 18.5 Å². The summed E-state index contributed by atoms with van der Waals surface area (Å²) in [6.45, 7) is 3.04. The maximum Gasteiger partial charge on any atom is 0.0676 e. The summed E-state index contributed by atoms with van der Waals surface area (Å²) in [4.78, 5) is 0. The minimum atomic E-state index is -0.367. The van der Waals surface area contributed by atoms with Gasteiger partial charge < -0.3 is 9.59 Å². The van der Waals surface area contributed by atoms with Crippen molar-refractivity contribution < 1.29 is 9.59 Å². The molecule has 0 bridgehead atoms. The Hall–Kier alpha value is 0.210. The van der Waals surface area contributed by atoms with Crippen LogP contribution in [0, 0.1) is 0 Å². The van der Waals surface area contributed by atoms with E-state index in [1.165, 1.54) is 70.6 Å². The van der Waals surface area contributed by atoms with E-state index in [2.05, 4.69) is 28.1 Å². The molecule has 0 spiro atoms. The minimum Gasteiger partial charge on any atom is -0.848 e. The van der Waals surface area contributed by atoms with Crippen LogP contribution in [0.15, 0.2) is 0 Å². The largest absolute Gasteiger partial charge is 0.848 e. The number of rotatable bonds is 15. The van der Waals surface area contributed by atoms with E-state index in [9.17, 15) is 5.11 Å². The van der Waals surface area contributed by atoms with Gasteiger partial charge in [-0.1, -0.05) is 96.5 Å². The molecule has 0 amide bonds. The number of quaternary nitrogens is 1. The molecule has 0 heterocycles. The van der Waals surface area contributed by atoms with Crippen LogP contribution >= 0.6 is 12.4 Å². The molecule has 0 aromatic heterocycles. The van der Waals surface area contributed by atoms with Gasteiger partial charge in [0.25, 0.3) is 0 Å². The zero-order chi connectivity index (χ0) is 16.0. The molecule has 0 fully saturated rings. The van der Waals surface area contributed by atoms with Crippen molar-refractivity contribution in [2.75, 3.05) is 27.7 Å². The minimum absolute atomic E-state index is 0. The van der Waals surface area contributed by atoms with E-state index in [0.717, 1.165) is 23.9 Å². The van der Waals surface area contributed by atoms with Crippen LogP contribution in [0.2, 0.25) is 0 Å². The third-order valence-electron chi connectivity index (χ3n) is 4.13. The second-order valence-corrected chi connectivity index (χ2v) is 7.77. The molecular weight excluding hydrogens is 294 g/mol. The van der Waals surface area contributed by atoms with Crippen LogP contribution in [0.3, 0.4) is 0 Å². The van der Waals surface area contributed by atoms with E-state index in [1.54, 1.807) is 0 Å². The van der Waals surface area contributed by atoms with Crippen molar-refractivity contribution in [3.8, 4) is 0 Å². The van der Waals surface area contributed by atoms with E-state index in [0.29, 0.717) is 0 Å². The highest BCUT2D eigenvalue weighted by Gasteiger charge is 2.08. The molecule has 136 valence electrons. The first-order valence-corrected chi connectivity index (χ1v) is 9.42. The molecule has 0 aliphatic heterocycles. The number of hydrogen-bond donors (Lipinski definition) is 0. The maximum atomic E-state index is 11.8. The third-order valence-corrected chi connectivity index (χ3v) is 4.13. The average molecular weight is 336 g/mol. The number of hydrogen-bond acceptors (Lipinski definition) is 1. The second-order valence-electron chi connectivity index (χ2n) is 7.77. The van der Waals surface area contributed by atoms with E-state index < -0.39 is 0 Å². The van der Waals surface area contributed by atoms with Gasteiger partial charge in [-0.3, -0.25) is 0 Å². The quantitative estimate of drug-likeness (QED) is 0.307. The summed E-state index contributed by atoms with van der Waals surface area (Å²) in [7, 11) is 6.31. The zero-order valence-corrected chi connectivity index (χ0v) is 16.6. The van der Waals surface area contributed by atoms with Crippen molar-refractivity contribution in [3.05, 3.63) is 0 Å². The molecule has 0 aromatic rings. The second kappa shape index (κ2) is 16.1. The Bertz CT molecular complexity index is 216. The first kappa shape index (κ1) is 24.5. The highest BCUT2D eigenvalue weighted by molar-refractivity contribution is 5.85. The van der Waals surface area contributed by atoms with Crippen LogP contribution in [-0.4, -0.2) is 38.3 Å². The van der Waals surface area contributed by atoms with Crippen molar-refractivity contribution in [1.82, 2.24) is 0 Å². The molecule has 0 aliphatic rings. The molecule has 0 aromatic carbocycles. The third kappa shape index (κ3) is 20.2. The first-order chi connectivity index (χ1) is 9.95. The van der Waals surface area contributed by atoms with E-state index in [1.807, 2.05) is 0 Å². The fourth-order valence-corrected chi connectivity index (χ4v) is 2.92. The summed E-state index contributed by atoms with van der Waals surface area (Å²) in [5, 5.41) is 11.8. The lowest BCUT2D eigenvalue weighted by atomic mass is 10.0. The highest BCUT2D eigenvalue weighted by atomic mass is 35.5. The summed E-state index contributed by atoms with van der Waals surface area (Å²) in [5.74, 6) is 0. The summed E-state index contributed by atoms with van der Waals surface area (Å²) in [5.41, 5.74) is 0. The van der Waals surface area contributed by atoms with Crippen LogP contribution in [0.5, 0.6) is 0 Å². The molecule has 0 N–H and O–H groups in total. The molecule has 1 atom stereocenters. The monoisotopic (exact) mass is 335 g/mol. The van der Waals surface area contributed by atoms with Crippen LogP contribution < -0.4 is 5.11 Å². The normalized spacial score (nSPS) is 13.0. The summed E-state index contributed by atoms with van der Waals surface area (Å²) < 4.78 is 0.798. The Kier molecular flexibility index (Phi) is 17.9. The average Bonchev–Trinajstić information content (AvgIpc) is 2.38. The van der Waals surface area contributed by atoms with Gasteiger partial charge in [-0.25, -0.2) is 0 Å². The fraction of sp³-hybridized carbons (Fsp3) is 1.00. The van der Waals surface area contributed by atoms with Gasteiger partial charge in [-0.2, -0.15) is 0 Å². The van der Waals surface area contributed by atoms with Gasteiger partial charge in [0.05, 0.1) is 27.7 Å². The molecule has 0 aliphatic carbocycles. The molecular formula is C19H42ClNO. The van der Waals surface area contributed by atoms with Gasteiger partial charge in [0, 0.05) is 0 Å².